The molecule has 3 heterocycles. The highest BCUT2D eigenvalue weighted by molar-refractivity contribution is 6.07. The lowest BCUT2D eigenvalue weighted by atomic mass is 9.84. The Morgan fingerprint density at radius 1 is 1.10 bits per heavy atom. The van der Waals surface area contributed by atoms with Gasteiger partial charge in [-0.05, 0) is 74.5 Å². The molecule has 1 fully saturated rings. The first-order valence-corrected chi connectivity index (χ1v) is 13.8. The second-order valence-corrected chi connectivity index (χ2v) is 11.7. The topological polar surface area (TPSA) is 90.1 Å². The standard InChI is InChI=1S/C31H39N7O2/c1-20-10-11-24(16-25(20)27-19-38(35-34-27)28-17-32-36(6)21(28)2)33-30(39)26-15-23(31(3,4)5)14-22(29(26)40-7)18-37-12-8-9-13-37/h10-11,14-17,19H,8-9,12-13,18H2,1-7H3,(H,33,39). The van der Waals surface area contributed by atoms with Gasteiger partial charge in [0, 0.05) is 30.4 Å². The molecule has 1 N–H and O–H groups in total. The molecule has 1 aliphatic heterocycles. The Labute approximate surface area is 236 Å². The quantitative estimate of drug-likeness (QED) is 0.335. The SMILES string of the molecule is COc1c(CN2CCCC2)cc(C(C)(C)C)cc1C(=O)Nc1ccc(C)c(-c2cn(-c3cnn(C)c3C)nn2)c1. The number of aromatic nitrogens is 5. The Morgan fingerprint density at radius 3 is 2.50 bits per heavy atom. The predicted molar refractivity (Wildman–Crippen MR) is 157 cm³/mol. The molecule has 1 saturated heterocycles. The number of nitrogens with one attached hydrogen (secondary N) is 1. The normalized spacial score (nSPS) is 14.1. The lowest BCUT2D eigenvalue weighted by Gasteiger charge is -2.25. The number of carbonyl (C=O) groups excluding carboxylic acids is 1. The molecule has 0 bridgehead atoms. The van der Waals surface area contributed by atoms with Crippen LogP contribution in [0.5, 0.6) is 5.75 Å². The number of rotatable bonds is 7. The Bertz CT molecular complexity index is 1540. The molecule has 0 spiro atoms. The van der Waals surface area contributed by atoms with Crippen LogP contribution >= 0.6 is 0 Å². The molecule has 5 rings (SSSR count). The minimum Gasteiger partial charge on any atom is -0.496 e. The number of ether oxygens (including phenoxy) is 1. The molecule has 2 aromatic carbocycles. The number of benzene rings is 2. The predicted octanol–water partition coefficient (Wildman–Crippen LogP) is 5.44. The van der Waals surface area contributed by atoms with Gasteiger partial charge in [-0.1, -0.05) is 38.1 Å². The summed E-state index contributed by atoms with van der Waals surface area (Å²) < 4.78 is 9.40. The number of likely N-dealkylation sites (tertiary alicyclic amines) is 1. The Balaban J connectivity index is 1.46. The van der Waals surface area contributed by atoms with Gasteiger partial charge in [0.05, 0.1) is 30.8 Å². The summed E-state index contributed by atoms with van der Waals surface area (Å²) in [6, 6.07) is 10.0. The van der Waals surface area contributed by atoms with Gasteiger partial charge >= 0.3 is 0 Å². The highest BCUT2D eigenvalue weighted by Gasteiger charge is 2.25. The van der Waals surface area contributed by atoms with Crippen LogP contribution in [-0.2, 0) is 19.0 Å². The smallest absolute Gasteiger partial charge is 0.259 e. The second-order valence-electron chi connectivity index (χ2n) is 11.7. The van der Waals surface area contributed by atoms with E-state index < -0.39 is 0 Å². The Hall–Kier alpha value is -3.98. The van der Waals surface area contributed by atoms with Gasteiger partial charge in [-0.15, -0.1) is 5.10 Å². The van der Waals surface area contributed by atoms with Crippen LogP contribution in [0.15, 0.2) is 42.7 Å². The van der Waals surface area contributed by atoms with E-state index in [0.717, 1.165) is 59.0 Å². The highest BCUT2D eigenvalue weighted by atomic mass is 16.5. The largest absolute Gasteiger partial charge is 0.496 e. The van der Waals surface area contributed by atoms with E-state index in [9.17, 15) is 4.79 Å². The monoisotopic (exact) mass is 541 g/mol. The molecule has 0 saturated carbocycles. The lowest BCUT2D eigenvalue weighted by molar-refractivity contribution is 0.102. The van der Waals surface area contributed by atoms with Crippen LogP contribution in [0.2, 0.25) is 0 Å². The number of hydrogen-bond donors (Lipinski definition) is 1. The molecule has 0 unspecified atom stereocenters. The van der Waals surface area contributed by atoms with Crippen LogP contribution in [0, 0.1) is 13.8 Å². The number of anilines is 1. The summed E-state index contributed by atoms with van der Waals surface area (Å²) in [5, 5.41) is 16.2. The maximum atomic E-state index is 13.8. The van der Waals surface area contributed by atoms with Crippen LogP contribution in [0.25, 0.3) is 16.9 Å². The van der Waals surface area contributed by atoms with Crippen molar-refractivity contribution in [2.45, 2.75) is 59.4 Å². The molecular weight excluding hydrogens is 502 g/mol. The minimum absolute atomic E-state index is 0.115. The van der Waals surface area contributed by atoms with Gasteiger partial charge in [0.25, 0.3) is 5.91 Å². The molecule has 9 nitrogen and oxygen atoms in total. The number of methoxy groups -OCH3 is 1. The zero-order valence-electron chi connectivity index (χ0n) is 24.6. The Kier molecular flexibility index (Phi) is 7.51. The van der Waals surface area contributed by atoms with E-state index in [1.807, 2.05) is 51.4 Å². The van der Waals surface area contributed by atoms with Crippen molar-refractivity contribution < 1.29 is 9.53 Å². The van der Waals surface area contributed by atoms with E-state index >= 15 is 0 Å². The van der Waals surface area contributed by atoms with E-state index in [0.29, 0.717) is 17.0 Å². The van der Waals surface area contributed by atoms with Crippen molar-refractivity contribution in [3.05, 3.63) is 70.7 Å². The van der Waals surface area contributed by atoms with E-state index in [4.69, 9.17) is 4.74 Å². The fourth-order valence-corrected chi connectivity index (χ4v) is 5.22. The van der Waals surface area contributed by atoms with Gasteiger partial charge in [0.2, 0.25) is 0 Å². The minimum atomic E-state index is -0.199. The number of carbonyl (C=O) groups is 1. The molecule has 210 valence electrons. The molecule has 1 amide bonds. The summed E-state index contributed by atoms with van der Waals surface area (Å²) in [6.45, 7) is 13.4. The molecule has 0 radical (unpaired) electrons. The average Bonchev–Trinajstić information content (AvgIpc) is 3.67. The van der Waals surface area contributed by atoms with Crippen molar-refractivity contribution in [2.75, 3.05) is 25.5 Å². The van der Waals surface area contributed by atoms with Gasteiger partial charge in [-0.2, -0.15) is 5.10 Å². The zero-order chi connectivity index (χ0) is 28.6. The van der Waals surface area contributed by atoms with E-state index in [1.165, 1.54) is 12.8 Å². The molecule has 0 atom stereocenters. The van der Waals surface area contributed by atoms with E-state index in [1.54, 1.807) is 22.7 Å². The lowest BCUT2D eigenvalue weighted by Crippen LogP contribution is -2.22. The van der Waals surface area contributed by atoms with Gasteiger partial charge in [0.15, 0.2) is 0 Å². The van der Waals surface area contributed by atoms with Gasteiger partial charge in [0.1, 0.15) is 17.1 Å². The van der Waals surface area contributed by atoms with Crippen molar-refractivity contribution in [1.29, 1.82) is 0 Å². The van der Waals surface area contributed by atoms with E-state index in [-0.39, 0.29) is 11.3 Å². The Morgan fingerprint density at radius 2 is 1.85 bits per heavy atom. The first-order chi connectivity index (χ1) is 19.0. The summed E-state index contributed by atoms with van der Waals surface area (Å²) in [6.07, 6.45) is 6.08. The van der Waals surface area contributed by atoms with Crippen LogP contribution in [0.1, 0.15) is 66.4 Å². The molecular formula is C31H39N7O2. The first-order valence-electron chi connectivity index (χ1n) is 13.8. The van der Waals surface area contributed by atoms with Gasteiger partial charge in [-0.25, -0.2) is 4.68 Å². The van der Waals surface area contributed by atoms with Crippen molar-refractivity contribution in [1.82, 2.24) is 29.7 Å². The molecule has 9 heteroatoms. The summed E-state index contributed by atoms with van der Waals surface area (Å²) in [5.74, 6) is 0.439. The van der Waals surface area contributed by atoms with Crippen molar-refractivity contribution in [3.8, 4) is 22.7 Å². The molecule has 1 aliphatic rings. The molecule has 2 aromatic heterocycles. The maximum absolute atomic E-state index is 13.8. The highest BCUT2D eigenvalue weighted by Crippen LogP contribution is 2.34. The van der Waals surface area contributed by atoms with Crippen LogP contribution in [-0.4, -0.2) is 55.8 Å². The first kappa shape index (κ1) is 27.6. The van der Waals surface area contributed by atoms with Crippen LogP contribution in [0.4, 0.5) is 5.69 Å². The summed E-state index contributed by atoms with van der Waals surface area (Å²) in [5.41, 5.74) is 7.79. The fraction of sp³-hybridized carbons (Fsp3) is 0.419. The maximum Gasteiger partial charge on any atom is 0.259 e. The summed E-state index contributed by atoms with van der Waals surface area (Å²) >= 11 is 0. The third-order valence-corrected chi connectivity index (χ3v) is 7.79. The summed E-state index contributed by atoms with van der Waals surface area (Å²) in [7, 11) is 3.54. The molecule has 0 aliphatic carbocycles. The van der Waals surface area contributed by atoms with Crippen LogP contribution in [0.3, 0.4) is 0 Å². The third-order valence-electron chi connectivity index (χ3n) is 7.79. The zero-order valence-corrected chi connectivity index (χ0v) is 24.6. The van der Waals surface area contributed by atoms with Crippen LogP contribution < -0.4 is 10.1 Å². The molecule has 4 aromatic rings. The van der Waals surface area contributed by atoms with Gasteiger partial charge < -0.3 is 10.1 Å². The number of amides is 1. The van der Waals surface area contributed by atoms with Gasteiger partial charge in [-0.3, -0.25) is 14.4 Å². The fourth-order valence-electron chi connectivity index (χ4n) is 5.22. The molecule has 40 heavy (non-hydrogen) atoms. The second kappa shape index (κ2) is 10.9. The average molecular weight is 542 g/mol. The number of hydrogen-bond acceptors (Lipinski definition) is 6. The third kappa shape index (κ3) is 5.51. The van der Waals surface area contributed by atoms with E-state index in [2.05, 4.69) is 52.5 Å². The summed E-state index contributed by atoms with van der Waals surface area (Å²) in [4.78, 5) is 16.2. The number of aryl methyl sites for hydroxylation is 2. The van der Waals surface area contributed by atoms with Crippen molar-refractivity contribution in [2.24, 2.45) is 7.05 Å². The number of nitrogens with zero attached hydrogens (tertiary/aromatic N) is 6. The van der Waals surface area contributed by atoms with Crippen molar-refractivity contribution >= 4 is 11.6 Å². The van der Waals surface area contributed by atoms with Crippen molar-refractivity contribution in [3.63, 3.8) is 0 Å².